The number of fused-ring (bicyclic) bond motifs is 2. The van der Waals surface area contributed by atoms with Crippen LogP contribution in [0.2, 0.25) is 0 Å². The summed E-state index contributed by atoms with van der Waals surface area (Å²) in [5.41, 5.74) is 2.26. The lowest BCUT2D eigenvalue weighted by Gasteiger charge is -2.36. The summed E-state index contributed by atoms with van der Waals surface area (Å²) in [5.74, 6) is -1.44. The lowest BCUT2D eigenvalue weighted by molar-refractivity contribution is -0.134. The molecule has 0 bridgehead atoms. The number of hydrogen-bond acceptors (Lipinski definition) is 8. The molecule has 10 heteroatoms. The van der Waals surface area contributed by atoms with Crippen molar-refractivity contribution in [2.24, 2.45) is 4.99 Å². The Morgan fingerprint density at radius 1 is 1.00 bits per heavy atom. The highest BCUT2D eigenvalue weighted by Crippen LogP contribution is 2.40. The number of rotatable bonds is 6. The first kappa shape index (κ1) is 26.4. The Labute approximate surface area is 208 Å². The molecule has 0 spiro atoms. The molecule has 2 heterocycles. The number of piperazine rings is 1. The molecule has 2 aliphatic heterocycles. The molecule has 0 saturated carbocycles. The molecule has 4 rings (SSSR count). The van der Waals surface area contributed by atoms with Crippen LogP contribution < -0.4 is 0 Å². The van der Waals surface area contributed by atoms with Crippen molar-refractivity contribution in [3.05, 3.63) is 66.2 Å². The molecule has 9 nitrogen and oxygen atoms in total. The van der Waals surface area contributed by atoms with E-state index in [1.54, 1.807) is 18.7 Å². The molecule has 1 fully saturated rings. The van der Waals surface area contributed by atoms with Crippen LogP contribution in [0.5, 0.6) is 0 Å². The second-order valence-electron chi connectivity index (χ2n) is 7.81. The summed E-state index contributed by atoms with van der Waals surface area (Å²) in [5, 5.41) is 24.9. The number of amidine groups is 1. The van der Waals surface area contributed by atoms with Gasteiger partial charge in [-0.2, -0.15) is 0 Å². The van der Waals surface area contributed by atoms with E-state index in [-0.39, 0.29) is 0 Å². The molecule has 0 radical (unpaired) electrons. The summed E-state index contributed by atoms with van der Waals surface area (Å²) in [4.78, 5) is 31.4. The van der Waals surface area contributed by atoms with Crippen molar-refractivity contribution in [1.29, 1.82) is 0 Å². The maximum absolute atomic E-state index is 9.55. The first-order chi connectivity index (χ1) is 16.8. The molecular formula is C25H29N3O6S. The predicted octanol–water partition coefficient (Wildman–Crippen LogP) is 2.91. The number of aliphatic imine (C=N–C) groups is 1. The van der Waals surface area contributed by atoms with Gasteiger partial charge in [0, 0.05) is 60.2 Å². The summed E-state index contributed by atoms with van der Waals surface area (Å²) in [7, 11) is 0. The second kappa shape index (κ2) is 13.1. The Bertz CT molecular complexity index is 1060. The van der Waals surface area contributed by atoms with E-state index in [9.17, 15) is 14.7 Å². The second-order valence-corrected chi connectivity index (χ2v) is 8.89. The van der Waals surface area contributed by atoms with Gasteiger partial charge in [-0.25, -0.2) is 14.6 Å². The number of carbonyl (C=O) groups is 2. The van der Waals surface area contributed by atoms with E-state index in [4.69, 9.17) is 19.9 Å². The average Bonchev–Trinajstić information content (AvgIpc) is 3.00. The minimum atomic E-state index is -1.26. The molecule has 2 aliphatic rings. The minimum absolute atomic E-state index is 0.558. The van der Waals surface area contributed by atoms with Gasteiger partial charge in [-0.05, 0) is 25.1 Å². The van der Waals surface area contributed by atoms with Crippen LogP contribution in [-0.4, -0.2) is 88.5 Å². The number of carboxylic acid groups (broad SMARTS) is 2. The highest BCUT2D eigenvalue weighted by molar-refractivity contribution is 7.99. The molecule has 0 aliphatic carbocycles. The van der Waals surface area contributed by atoms with E-state index in [1.807, 2.05) is 0 Å². The molecule has 0 aromatic heterocycles. The highest BCUT2D eigenvalue weighted by atomic mass is 32.2. The van der Waals surface area contributed by atoms with Gasteiger partial charge in [0.15, 0.2) is 6.29 Å². The van der Waals surface area contributed by atoms with Crippen molar-refractivity contribution >= 4 is 35.2 Å². The molecule has 1 unspecified atom stereocenters. The van der Waals surface area contributed by atoms with E-state index in [0.29, 0.717) is 18.8 Å². The molecule has 1 atom stereocenters. The molecule has 2 aromatic carbocycles. The SMILES string of the molecule is CC(O)OCCN1CCN(C2=Nc3ccccc3Sc3ccccc32)CC1.O=C(O)/C=C/C(=O)O. The van der Waals surface area contributed by atoms with E-state index in [2.05, 4.69) is 58.3 Å². The summed E-state index contributed by atoms with van der Waals surface area (Å²) in [6.07, 6.45) is 0.422. The van der Waals surface area contributed by atoms with Crippen molar-refractivity contribution in [3.8, 4) is 0 Å². The normalized spacial score (nSPS) is 16.3. The third-order valence-corrected chi connectivity index (χ3v) is 6.39. The summed E-state index contributed by atoms with van der Waals surface area (Å²) in [6, 6.07) is 16.9. The molecule has 0 amide bonds. The standard InChI is InChI=1S/C21H25N3O2S.C4H4O4/c1-16(25)26-15-14-23-10-12-24(13-11-23)21-17-6-2-4-8-19(17)27-20-9-5-3-7-18(20)22-21;5-3(6)1-2-4(7)8/h2-9,16,25H,10-15H2,1H3;1-2H,(H,5,6)(H,7,8)/b;2-1+. The molecule has 3 N–H and O–H groups in total. The third kappa shape index (κ3) is 8.22. The quantitative estimate of drug-likeness (QED) is 0.407. The van der Waals surface area contributed by atoms with Gasteiger partial charge in [-0.1, -0.05) is 42.1 Å². The van der Waals surface area contributed by atoms with Crippen LogP contribution in [0.25, 0.3) is 0 Å². The van der Waals surface area contributed by atoms with Gasteiger partial charge in [0.2, 0.25) is 0 Å². The van der Waals surface area contributed by atoms with Gasteiger partial charge >= 0.3 is 11.9 Å². The lowest BCUT2D eigenvalue weighted by atomic mass is 10.1. The summed E-state index contributed by atoms with van der Waals surface area (Å²) < 4.78 is 5.26. The smallest absolute Gasteiger partial charge is 0.328 e. The number of carboxylic acids is 2. The molecule has 186 valence electrons. The van der Waals surface area contributed by atoms with Crippen molar-refractivity contribution < 1.29 is 29.6 Å². The van der Waals surface area contributed by atoms with Crippen LogP contribution in [0, 0.1) is 0 Å². The van der Waals surface area contributed by atoms with Crippen LogP contribution in [0.1, 0.15) is 12.5 Å². The van der Waals surface area contributed by atoms with Gasteiger partial charge in [0.05, 0.1) is 12.3 Å². The topological polar surface area (TPSA) is 123 Å². The van der Waals surface area contributed by atoms with Crippen LogP contribution in [0.4, 0.5) is 5.69 Å². The number of nitrogens with zero attached hydrogens (tertiary/aromatic N) is 3. The van der Waals surface area contributed by atoms with Crippen molar-refractivity contribution in [3.63, 3.8) is 0 Å². The average molecular weight is 500 g/mol. The molecule has 2 aromatic rings. The van der Waals surface area contributed by atoms with E-state index in [0.717, 1.165) is 44.2 Å². The van der Waals surface area contributed by atoms with Gasteiger partial charge < -0.3 is 25.0 Å². The minimum Gasteiger partial charge on any atom is -0.478 e. The Morgan fingerprint density at radius 2 is 1.60 bits per heavy atom. The fraction of sp³-hybridized carbons (Fsp3) is 0.320. The van der Waals surface area contributed by atoms with Crippen LogP contribution in [0.15, 0.2) is 75.5 Å². The maximum atomic E-state index is 9.55. The number of aliphatic hydroxyl groups is 1. The van der Waals surface area contributed by atoms with Gasteiger partial charge in [0.25, 0.3) is 0 Å². The van der Waals surface area contributed by atoms with Crippen LogP contribution in [0.3, 0.4) is 0 Å². The Hall–Kier alpha value is -3.18. The zero-order chi connectivity index (χ0) is 25.2. The number of ether oxygens (including phenoxy) is 1. The number of aliphatic carboxylic acids is 2. The Morgan fingerprint density at radius 3 is 2.23 bits per heavy atom. The zero-order valence-electron chi connectivity index (χ0n) is 19.4. The Balaban J connectivity index is 0.000000371. The fourth-order valence-corrected chi connectivity index (χ4v) is 4.61. The van der Waals surface area contributed by atoms with Crippen molar-refractivity contribution in [2.45, 2.75) is 23.0 Å². The van der Waals surface area contributed by atoms with Gasteiger partial charge in [-0.3, -0.25) is 4.90 Å². The Kier molecular flexibility index (Phi) is 9.86. The van der Waals surface area contributed by atoms with E-state index >= 15 is 0 Å². The number of hydrogen-bond donors (Lipinski definition) is 3. The van der Waals surface area contributed by atoms with E-state index < -0.39 is 18.2 Å². The summed E-state index contributed by atoms with van der Waals surface area (Å²) in [6.45, 7) is 6.88. The maximum Gasteiger partial charge on any atom is 0.328 e. The molecular weight excluding hydrogens is 470 g/mol. The molecule has 1 saturated heterocycles. The predicted molar refractivity (Wildman–Crippen MR) is 133 cm³/mol. The van der Waals surface area contributed by atoms with Gasteiger partial charge in [0.1, 0.15) is 5.84 Å². The number of aliphatic hydroxyl groups excluding tert-OH is 1. The van der Waals surface area contributed by atoms with E-state index in [1.165, 1.54) is 15.4 Å². The first-order valence-corrected chi connectivity index (χ1v) is 12.0. The molecule has 35 heavy (non-hydrogen) atoms. The summed E-state index contributed by atoms with van der Waals surface area (Å²) >= 11 is 1.79. The fourth-order valence-electron chi connectivity index (χ4n) is 3.59. The largest absolute Gasteiger partial charge is 0.478 e. The highest BCUT2D eigenvalue weighted by Gasteiger charge is 2.25. The van der Waals surface area contributed by atoms with Crippen molar-refractivity contribution in [2.75, 3.05) is 39.3 Å². The monoisotopic (exact) mass is 499 g/mol. The third-order valence-electron chi connectivity index (χ3n) is 5.25. The lowest BCUT2D eigenvalue weighted by Crippen LogP contribution is -2.49. The number of para-hydroxylation sites is 1. The van der Waals surface area contributed by atoms with Crippen molar-refractivity contribution in [1.82, 2.24) is 9.80 Å². The van der Waals surface area contributed by atoms with Crippen LogP contribution >= 0.6 is 11.8 Å². The zero-order valence-corrected chi connectivity index (χ0v) is 20.2. The van der Waals surface area contributed by atoms with Gasteiger partial charge in [-0.15, -0.1) is 0 Å². The number of benzene rings is 2. The first-order valence-electron chi connectivity index (χ1n) is 11.2. The van der Waals surface area contributed by atoms with Crippen LogP contribution in [-0.2, 0) is 14.3 Å².